The number of nitrogens with zero attached hydrogens (tertiary/aromatic N) is 1. The van der Waals surface area contributed by atoms with Crippen LogP contribution >= 0.6 is 0 Å². The first-order valence-electron chi connectivity index (χ1n) is 4.97. The van der Waals surface area contributed by atoms with E-state index in [-0.39, 0.29) is 0 Å². The third kappa shape index (κ3) is 3.10. The highest BCUT2D eigenvalue weighted by Gasteiger charge is 2.12. The van der Waals surface area contributed by atoms with Gasteiger partial charge in [-0.2, -0.15) is 0 Å². The normalized spacial score (nSPS) is 18.2. The highest BCUT2D eigenvalue weighted by atomic mass is 15.1. The van der Waals surface area contributed by atoms with E-state index in [9.17, 15) is 0 Å². The van der Waals surface area contributed by atoms with E-state index in [4.69, 9.17) is 0 Å². The Bertz CT molecular complexity index is 225. The van der Waals surface area contributed by atoms with Gasteiger partial charge in [0.05, 0.1) is 0 Å². The van der Waals surface area contributed by atoms with E-state index < -0.39 is 0 Å². The summed E-state index contributed by atoms with van der Waals surface area (Å²) in [5, 5.41) is 0. The van der Waals surface area contributed by atoms with Crippen LogP contribution in [0.2, 0.25) is 0 Å². The van der Waals surface area contributed by atoms with Gasteiger partial charge in [-0.25, -0.2) is 0 Å². The number of rotatable bonds is 3. The van der Waals surface area contributed by atoms with Crippen LogP contribution in [0, 0.1) is 0 Å². The van der Waals surface area contributed by atoms with Crippen molar-refractivity contribution in [2.24, 2.45) is 0 Å². The second kappa shape index (κ2) is 4.90. The van der Waals surface area contributed by atoms with Crippen LogP contribution in [-0.2, 0) is 0 Å². The highest BCUT2D eigenvalue weighted by Crippen LogP contribution is 2.19. The molecular formula is C12H19N. The van der Waals surface area contributed by atoms with Crippen molar-refractivity contribution in [1.82, 2.24) is 4.90 Å². The van der Waals surface area contributed by atoms with Crippen LogP contribution in [0.25, 0.3) is 0 Å². The molecule has 1 heteroatoms. The second-order valence-corrected chi connectivity index (χ2v) is 3.60. The highest BCUT2D eigenvalue weighted by molar-refractivity contribution is 5.17. The van der Waals surface area contributed by atoms with Crippen LogP contribution in [0.4, 0.5) is 0 Å². The van der Waals surface area contributed by atoms with Gasteiger partial charge in [-0.05, 0) is 31.8 Å². The lowest BCUT2D eigenvalue weighted by Crippen LogP contribution is -2.28. The maximum absolute atomic E-state index is 4.07. The molecule has 0 aromatic heterocycles. The van der Waals surface area contributed by atoms with Crippen molar-refractivity contribution in [3.8, 4) is 0 Å². The average Bonchev–Trinajstić information content (AvgIpc) is 2.09. The first-order valence-corrected chi connectivity index (χ1v) is 4.97. The fraction of sp³-hybridized carbons (Fsp3) is 0.500. The van der Waals surface area contributed by atoms with Gasteiger partial charge in [0.15, 0.2) is 0 Å². The summed E-state index contributed by atoms with van der Waals surface area (Å²) in [6, 6.07) is 0. The summed E-state index contributed by atoms with van der Waals surface area (Å²) in [5.41, 5.74) is 2.45. The van der Waals surface area contributed by atoms with E-state index >= 15 is 0 Å². The minimum atomic E-state index is 0.948. The van der Waals surface area contributed by atoms with Gasteiger partial charge in [0, 0.05) is 18.8 Å². The van der Waals surface area contributed by atoms with E-state index in [1.54, 1.807) is 0 Å². The molecule has 1 aliphatic rings. The summed E-state index contributed by atoms with van der Waals surface area (Å²) in [7, 11) is 0. The van der Waals surface area contributed by atoms with Crippen molar-refractivity contribution >= 4 is 0 Å². The molecule has 13 heavy (non-hydrogen) atoms. The summed E-state index contributed by atoms with van der Waals surface area (Å²) < 4.78 is 0. The molecule has 0 N–H and O–H groups in total. The van der Waals surface area contributed by atoms with Crippen LogP contribution < -0.4 is 0 Å². The first-order chi connectivity index (χ1) is 6.24. The van der Waals surface area contributed by atoms with Gasteiger partial charge in [-0.15, -0.1) is 0 Å². The zero-order valence-corrected chi connectivity index (χ0v) is 8.55. The molecule has 1 nitrogen and oxygen atoms in total. The minimum Gasteiger partial charge on any atom is -0.371 e. The van der Waals surface area contributed by atoms with Crippen LogP contribution in [0.1, 0.15) is 26.2 Å². The number of piperidine rings is 1. The zero-order valence-electron chi connectivity index (χ0n) is 8.55. The fourth-order valence-corrected chi connectivity index (χ4v) is 1.67. The molecule has 0 unspecified atom stereocenters. The van der Waals surface area contributed by atoms with Crippen molar-refractivity contribution in [2.75, 3.05) is 13.1 Å². The molecule has 0 bridgehead atoms. The van der Waals surface area contributed by atoms with Crippen LogP contribution in [0.5, 0.6) is 0 Å². The molecule has 0 spiro atoms. The molecule has 1 aliphatic heterocycles. The van der Waals surface area contributed by atoms with Crippen molar-refractivity contribution in [2.45, 2.75) is 26.2 Å². The van der Waals surface area contributed by atoms with Crippen molar-refractivity contribution in [3.63, 3.8) is 0 Å². The van der Waals surface area contributed by atoms with Gasteiger partial charge >= 0.3 is 0 Å². The molecule has 1 rings (SSSR count). The molecule has 0 saturated carbocycles. The number of likely N-dealkylation sites (tertiary alicyclic amines) is 1. The third-order valence-corrected chi connectivity index (χ3v) is 2.39. The zero-order chi connectivity index (χ0) is 9.68. The first kappa shape index (κ1) is 10.1. The third-order valence-electron chi connectivity index (χ3n) is 2.39. The molecule has 1 heterocycles. The molecule has 0 atom stereocenters. The Balaban J connectivity index is 2.42. The van der Waals surface area contributed by atoms with E-state index in [1.165, 1.54) is 24.1 Å². The number of allylic oxidation sites excluding steroid dienone is 2. The van der Waals surface area contributed by atoms with Gasteiger partial charge < -0.3 is 4.90 Å². The van der Waals surface area contributed by atoms with E-state index in [2.05, 4.69) is 24.1 Å². The summed E-state index contributed by atoms with van der Waals surface area (Å²) in [6.07, 6.45) is 7.85. The van der Waals surface area contributed by atoms with E-state index in [1.807, 2.05) is 13.0 Å². The molecule has 0 aliphatic carbocycles. The minimum absolute atomic E-state index is 0.948. The molecule has 0 radical (unpaired) electrons. The lowest BCUT2D eigenvalue weighted by molar-refractivity contribution is 0.314. The SMILES string of the molecule is C=C(/C=C/C)CN1CCCCC1=C. The Hall–Kier alpha value is -0.980. The number of hydrogen-bond donors (Lipinski definition) is 0. The summed E-state index contributed by atoms with van der Waals surface area (Å²) >= 11 is 0. The second-order valence-electron chi connectivity index (χ2n) is 3.60. The lowest BCUT2D eigenvalue weighted by atomic mass is 10.1. The number of hydrogen-bond acceptors (Lipinski definition) is 1. The maximum atomic E-state index is 4.07. The largest absolute Gasteiger partial charge is 0.371 e. The van der Waals surface area contributed by atoms with Gasteiger partial charge in [-0.3, -0.25) is 0 Å². The van der Waals surface area contributed by atoms with E-state index in [0.29, 0.717) is 0 Å². The fourth-order valence-electron chi connectivity index (χ4n) is 1.67. The summed E-state index contributed by atoms with van der Waals surface area (Å²) in [4.78, 5) is 2.34. The van der Waals surface area contributed by atoms with Crippen LogP contribution in [0.3, 0.4) is 0 Å². The van der Waals surface area contributed by atoms with Crippen molar-refractivity contribution in [3.05, 3.63) is 36.6 Å². The average molecular weight is 177 g/mol. The van der Waals surface area contributed by atoms with Crippen molar-refractivity contribution in [1.29, 1.82) is 0 Å². The van der Waals surface area contributed by atoms with E-state index in [0.717, 1.165) is 19.5 Å². The van der Waals surface area contributed by atoms with Gasteiger partial charge in [-0.1, -0.05) is 25.3 Å². The smallest absolute Gasteiger partial charge is 0.0420 e. The molecule has 0 aromatic rings. The molecular weight excluding hydrogens is 158 g/mol. The quantitative estimate of drug-likeness (QED) is 0.599. The van der Waals surface area contributed by atoms with Crippen LogP contribution in [0.15, 0.2) is 36.6 Å². The van der Waals surface area contributed by atoms with Crippen molar-refractivity contribution < 1.29 is 0 Å². The molecule has 0 aromatic carbocycles. The molecule has 0 amide bonds. The Morgan fingerprint density at radius 3 is 2.92 bits per heavy atom. The van der Waals surface area contributed by atoms with Crippen LogP contribution in [-0.4, -0.2) is 18.0 Å². The topological polar surface area (TPSA) is 3.24 Å². The summed E-state index contributed by atoms with van der Waals surface area (Å²) in [5.74, 6) is 0. The Morgan fingerprint density at radius 2 is 2.31 bits per heavy atom. The Morgan fingerprint density at radius 1 is 1.54 bits per heavy atom. The van der Waals surface area contributed by atoms with Gasteiger partial charge in [0.2, 0.25) is 0 Å². The molecule has 1 fully saturated rings. The molecule has 1 saturated heterocycles. The summed E-state index contributed by atoms with van der Waals surface area (Å²) in [6.45, 7) is 12.2. The molecule has 72 valence electrons. The predicted octanol–water partition coefficient (Wildman–Crippen LogP) is 3.12. The Labute approximate surface area is 81.4 Å². The maximum Gasteiger partial charge on any atom is 0.0420 e. The standard InChI is InChI=1S/C12H19N/c1-4-7-11(2)10-13-9-6-5-8-12(13)3/h4,7H,2-3,5-6,8-10H2,1H3/b7-4+. The van der Waals surface area contributed by atoms with Gasteiger partial charge in [0.25, 0.3) is 0 Å². The predicted molar refractivity (Wildman–Crippen MR) is 58.5 cm³/mol. The Kier molecular flexibility index (Phi) is 3.81. The van der Waals surface area contributed by atoms with Gasteiger partial charge in [0.1, 0.15) is 0 Å². The lowest BCUT2D eigenvalue weighted by Gasteiger charge is -2.31. The monoisotopic (exact) mass is 177 g/mol.